The van der Waals surface area contributed by atoms with E-state index in [1.165, 1.54) is 44.6 Å². The quantitative estimate of drug-likeness (QED) is 0.271. The summed E-state index contributed by atoms with van der Waals surface area (Å²) in [5.41, 5.74) is 5.51. The van der Waals surface area contributed by atoms with Gasteiger partial charge in [-0.05, 0) is 48.9 Å². The van der Waals surface area contributed by atoms with Crippen LogP contribution in [-0.2, 0) is 22.1 Å². The molecule has 0 unspecified atom stereocenters. The van der Waals surface area contributed by atoms with Gasteiger partial charge in [-0.25, -0.2) is 14.8 Å². The van der Waals surface area contributed by atoms with E-state index in [1.807, 2.05) is 0 Å². The van der Waals surface area contributed by atoms with Gasteiger partial charge in [0.25, 0.3) is 5.91 Å². The van der Waals surface area contributed by atoms with Crippen LogP contribution >= 0.6 is 0 Å². The third-order valence-corrected chi connectivity index (χ3v) is 6.01. The molecular weight excluding hydrogens is 533 g/mol. The van der Waals surface area contributed by atoms with Crippen LogP contribution in [0.4, 0.5) is 13.2 Å². The van der Waals surface area contributed by atoms with Crippen molar-refractivity contribution in [3.8, 4) is 23.0 Å². The molecule has 0 radical (unpaired) electrons. The van der Waals surface area contributed by atoms with Crippen LogP contribution in [0.15, 0.2) is 52.9 Å². The maximum absolute atomic E-state index is 13.3. The first-order chi connectivity index (χ1) is 18.9. The number of oxazole rings is 1. The maximum atomic E-state index is 13.3. The fourth-order valence-corrected chi connectivity index (χ4v) is 4.05. The molecular formula is C27H25F3N4O6. The summed E-state index contributed by atoms with van der Waals surface area (Å²) in [5, 5.41) is 12.3. The number of halogens is 3. The lowest BCUT2D eigenvalue weighted by molar-refractivity contribution is -0.143. The predicted molar refractivity (Wildman–Crippen MR) is 136 cm³/mol. The van der Waals surface area contributed by atoms with Crippen LogP contribution in [0.5, 0.6) is 11.5 Å². The van der Waals surface area contributed by atoms with Gasteiger partial charge in [0.15, 0.2) is 11.5 Å². The first-order valence-electron chi connectivity index (χ1n) is 11.9. The van der Waals surface area contributed by atoms with Crippen molar-refractivity contribution in [2.45, 2.75) is 31.6 Å². The summed E-state index contributed by atoms with van der Waals surface area (Å²) >= 11 is 0. The zero-order valence-electron chi connectivity index (χ0n) is 21.6. The molecule has 2 aromatic heterocycles. The second-order valence-electron chi connectivity index (χ2n) is 8.85. The highest BCUT2D eigenvalue weighted by Gasteiger charge is 2.33. The summed E-state index contributed by atoms with van der Waals surface area (Å²) in [5.74, 6) is -1.48. The van der Waals surface area contributed by atoms with Crippen molar-refractivity contribution in [1.29, 1.82) is 0 Å². The van der Waals surface area contributed by atoms with E-state index < -0.39 is 35.8 Å². The van der Waals surface area contributed by atoms with Crippen molar-refractivity contribution >= 4 is 22.8 Å². The Labute approximate surface area is 225 Å². The largest absolute Gasteiger partial charge is 0.508 e. The Morgan fingerprint density at radius 1 is 1.07 bits per heavy atom. The van der Waals surface area contributed by atoms with Gasteiger partial charge >= 0.3 is 12.1 Å². The van der Waals surface area contributed by atoms with E-state index in [2.05, 4.69) is 15.3 Å². The van der Waals surface area contributed by atoms with Crippen LogP contribution in [0.25, 0.3) is 22.4 Å². The number of methoxy groups -OCH3 is 2. The molecule has 10 nitrogen and oxygen atoms in total. The third-order valence-electron chi connectivity index (χ3n) is 6.01. The van der Waals surface area contributed by atoms with E-state index in [0.29, 0.717) is 5.56 Å². The summed E-state index contributed by atoms with van der Waals surface area (Å²) in [7, 11) is 2.47. The fraction of sp³-hybridized carbons (Fsp3) is 0.259. The number of ether oxygens (including phenoxy) is 2. The number of hydrogen-bond donors (Lipinski definition) is 3. The van der Waals surface area contributed by atoms with Crippen LogP contribution in [0, 0.1) is 0 Å². The van der Waals surface area contributed by atoms with Crippen molar-refractivity contribution in [3.05, 3.63) is 71.2 Å². The first kappa shape index (κ1) is 28.4. The van der Waals surface area contributed by atoms with Crippen LogP contribution in [0.3, 0.4) is 0 Å². The summed E-state index contributed by atoms with van der Waals surface area (Å²) in [6, 6.07) is 9.08. The minimum absolute atomic E-state index is 0.00964. The number of hydrogen-bond acceptors (Lipinski definition) is 9. The van der Waals surface area contributed by atoms with Gasteiger partial charge < -0.3 is 30.0 Å². The van der Waals surface area contributed by atoms with E-state index in [4.69, 9.17) is 19.6 Å². The maximum Gasteiger partial charge on any atom is 0.433 e. The molecule has 4 rings (SSSR count). The van der Waals surface area contributed by atoms with Gasteiger partial charge in [0.1, 0.15) is 28.8 Å². The Hall–Kier alpha value is -4.65. The smallest absolute Gasteiger partial charge is 0.433 e. The number of nitrogens with two attached hydrogens (primary N) is 1. The number of esters is 1. The number of carbonyl (C=O) groups is 2. The normalized spacial score (nSPS) is 13.1. The Kier molecular flexibility index (Phi) is 7.96. The molecule has 40 heavy (non-hydrogen) atoms. The SMILES string of the molecule is COC(=O)[C@H](Cc1ccc(O)cc1)NC(=O)c1nc(-c2ccc(OC)c3nc(C(F)(F)F)ccc23)oc1[C@H](C)N. The molecule has 13 heteroatoms. The van der Waals surface area contributed by atoms with Crippen molar-refractivity contribution in [3.63, 3.8) is 0 Å². The fourth-order valence-electron chi connectivity index (χ4n) is 4.05. The second kappa shape index (κ2) is 11.2. The van der Waals surface area contributed by atoms with Gasteiger partial charge in [0.05, 0.1) is 20.3 Å². The third kappa shape index (κ3) is 5.83. The number of pyridine rings is 1. The highest BCUT2D eigenvalue weighted by molar-refractivity contribution is 5.99. The number of nitrogens with one attached hydrogen (secondary N) is 1. The lowest BCUT2D eigenvalue weighted by atomic mass is 10.1. The summed E-state index contributed by atoms with van der Waals surface area (Å²) in [4.78, 5) is 33.8. The number of alkyl halides is 3. The van der Waals surface area contributed by atoms with E-state index in [1.54, 1.807) is 19.1 Å². The van der Waals surface area contributed by atoms with E-state index >= 15 is 0 Å². The summed E-state index contributed by atoms with van der Waals surface area (Å²) < 4.78 is 55.8. The molecule has 0 bridgehead atoms. The van der Waals surface area contributed by atoms with Crippen LogP contribution < -0.4 is 15.8 Å². The number of phenols is 1. The number of aromatic hydroxyl groups is 1. The molecule has 2 aromatic carbocycles. The zero-order chi connectivity index (χ0) is 29.2. The van der Waals surface area contributed by atoms with Gasteiger partial charge in [0, 0.05) is 17.4 Å². The number of fused-ring (bicyclic) bond motifs is 1. The number of benzene rings is 2. The Morgan fingerprint density at radius 3 is 2.38 bits per heavy atom. The monoisotopic (exact) mass is 558 g/mol. The Bertz CT molecular complexity index is 1550. The lowest BCUT2D eigenvalue weighted by Crippen LogP contribution is -2.43. The van der Waals surface area contributed by atoms with Crippen LogP contribution in [0.2, 0.25) is 0 Å². The van der Waals surface area contributed by atoms with Crippen LogP contribution in [0.1, 0.15) is 40.5 Å². The number of phenolic OH excluding ortho intramolecular Hbond substituents is 1. The Balaban J connectivity index is 1.73. The number of rotatable bonds is 8. The molecule has 0 fully saturated rings. The zero-order valence-corrected chi connectivity index (χ0v) is 21.6. The molecule has 0 spiro atoms. The molecule has 0 saturated carbocycles. The van der Waals surface area contributed by atoms with Crippen molar-refractivity contribution < 1.29 is 41.8 Å². The van der Waals surface area contributed by atoms with Crippen LogP contribution in [-0.4, -0.2) is 47.2 Å². The molecule has 210 valence electrons. The summed E-state index contributed by atoms with van der Waals surface area (Å²) in [6.07, 6.45) is -4.63. The van der Waals surface area contributed by atoms with Gasteiger partial charge in [-0.1, -0.05) is 12.1 Å². The van der Waals surface area contributed by atoms with E-state index in [9.17, 15) is 27.9 Å². The minimum Gasteiger partial charge on any atom is -0.508 e. The molecule has 2 atom stereocenters. The van der Waals surface area contributed by atoms with Gasteiger partial charge in [0.2, 0.25) is 5.89 Å². The van der Waals surface area contributed by atoms with E-state index in [0.717, 1.165) is 6.07 Å². The molecule has 0 saturated heterocycles. The highest BCUT2D eigenvalue weighted by atomic mass is 19.4. The van der Waals surface area contributed by atoms with Gasteiger partial charge in [-0.2, -0.15) is 13.2 Å². The molecule has 4 aromatic rings. The average Bonchev–Trinajstić information content (AvgIpc) is 3.38. The van der Waals surface area contributed by atoms with Crippen molar-refractivity contribution in [2.24, 2.45) is 5.73 Å². The standard InChI is InChI=1S/C27H25F3N4O6/c1-13(31)23-22(24(36)32-18(26(37)39-3)12-14-4-6-15(35)7-5-14)34-25(40-23)17-8-10-19(38-2)21-16(17)9-11-20(33-21)27(28,29)30/h4-11,13,18,35H,12,31H2,1-3H3,(H,32,36)/t13-,18-/m0/s1. The number of aromatic nitrogens is 2. The number of carbonyl (C=O) groups excluding carboxylic acids is 2. The average molecular weight is 559 g/mol. The number of nitrogens with zero attached hydrogens (tertiary/aromatic N) is 2. The van der Waals surface area contributed by atoms with E-state index in [-0.39, 0.29) is 51.7 Å². The first-order valence-corrected chi connectivity index (χ1v) is 11.9. The minimum atomic E-state index is -4.68. The lowest BCUT2D eigenvalue weighted by Gasteiger charge is -2.16. The van der Waals surface area contributed by atoms with Gasteiger partial charge in [-0.3, -0.25) is 4.79 Å². The summed E-state index contributed by atoms with van der Waals surface area (Å²) in [6.45, 7) is 1.55. The molecule has 0 aliphatic heterocycles. The van der Waals surface area contributed by atoms with Crippen molar-refractivity contribution in [1.82, 2.24) is 15.3 Å². The highest BCUT2D eigenvalue weighted by Crippen LogP contribution is 2.37. The molecule has 2 heterocycles. The molecule has 0 aliphatic rings. The molecule has 1 amide bonds. The van der Waals surface area contributed by atoms with Gasteiger partial charge in [-0.15, -0.1) is 0 Å². The number of amides is 1. The predicted octanol–water partition coefficient (Wildman–Crippen LogP) is 4.16. The Morgan fingerprint density at radius 2 is 1.77 bits per heavy atom. The second-order valence-corrected chi connectivity index (χ2v) is 8.85. The topological polar surface area (TPSA) is 150 Å². The molecule has 4 N–H and O–H groups in total. The molecule has 0 aliphatic carbocycles. The van der Waals surface area contributed by atoms with Crippen molar-refractivity contribution in [2.75, 3.05) is 14.2 Å².